The Morgan fingerprint density at radius 3 is 2.68 bits per heavy atom. The first-order chi connectivity index (χ1) is 16.5. The first kappa shape index (κ1) is 22.2. The molecule has 174 valence electrons. The van der Waals surface area contributed by atoms with Crippen LogP contribution in [0.2, 0.25) is 0 Å². The molecule has 2 aromatic heterocycles. The number of amides is 2. The van der Waals surface area contributed by atoms with Crippen LogP contribution in [-0.4, -0.2) is 34.8 Å². The van der Waals surface area contributed by atoms with Gasteiger partial charge in [0.25, 0.3) is 11.8 Å². The number of fused-ring (bicyclic) bond motifs is 1. The standard InChI is InChI=1S/C25H21F2N3O3S/c26-18-6-5-17(19(27)12-18)13-28-23(31)20-14-34-24(29-20)15-7-9-30(10-8-15)25(32)22-11-16-3-1-2-4-21(16)33-22/h1-6,11-12,14-15H,7-10,13H2,(H,28,31). The molecule has 6 nitrogen and oxygen atoms in total. The Morgan fingerprint density at radius 1 is 1.12 bits per heavy atom. The molecule has 3 heterocycles. The Hall–Kier alpha value is -3.59. The van der Waals surface area contributed by atoms with E-state index in [2.05, 4.69) is 10.3 Å². The van der Waals surface area contributed by atoms with Crippen LogP contribution >= 0.6 is 11.3 Å². The third-order valence-corrected chi connectivity index (χ3v) is 6.98. The number of aromatic nitrogens is 1. The predicted molar refractivity (Wildman–Crippen MR) is 124 cm³/mol. The largest absolute Gasteiger partial charge is 0.451 e. The average Bonchev–Trinajstić information content (AvgIpc) is 3.51. The van der Waals surface area contributed by atoms with Crippen molar-refractivity contribution in [2.75, 3.05) is 13.1 Å². The van der Waals surface area contributed by atoms with Crippen LogP contribution in [0.25, 0.3) is 11.0 Å². The van der Waals surface area contributed by atoms with E-state index in [1.807, 2.05) is 24.3 Å². The topological polar surface area (TPSA) is 75.4 Å². The molecule has 0 spiro atoms. The molecule has 4 aromatic rings. The molecule has 9 heteroatoms. The Labute approximate surface area is 198 Å². The summed E-state index contributed by atoms with van der Waals surface area (Å²) in [6, 6.07) is 12.5. The maximum absolute atomic E-state index is 13.8. The first-order valence-corrected chi connectivity index (χ1v) is 11.8. The van der Waals surface area contributed by atoms with Gasteiger partial charge in [0.2, 0.25) is 0 Å². The van der Waals surface area contributed by atoms with Crippen LogP contribution in [0.1, 0.15) is 50.4 Å². The van der Waals surface area contributed by atoms with E-state index in [4.69, 9.17) is 4.42 Å². The number of rotatable bonds is 5. The highest BCUT2D eigenvalue weighted by atomic mass is 32.1. The fraction of sp³-hybridized carbons (Fsp3) is 0.240. The van der Waals surface area contributed by atoms with Gasteiger partial charge in [-0.05, 0) is 31.0 Å². The number of para-hydroxylation sites is 1. The third-order valence-electron chi connectivity index (χ3n) is 5.98. The Kier molecular flexibility index (Phi) is 6.10. The van der Waals surface area contributed by atoms with Crippen molar-refractivity contribution in [1.29, 1.82) is 0 Å². The number of hydrogen-bond acceptors (Lipinski definition) is 5. The highest BCUT2D eigenvalue weighted by Gasteiger charge is 2.28. The summed E-state index contributed by atoms with van der Waals surface area (Å²) in [5.41, 5.74) is 1.16. The molecule has 1 fully saturated rings. The lowest BCUT2D eigenvalue weighted by Gasteiger charge is -2.30. The van der Waals surface area contributed by atoms with Crippen molar-refractivity contribution in [1.82, 2.24) is 15.2 Å². The fourth-order valence-corrected chi connectivity index (χ4v) is 5.05. The lowest BCUT2D eigenvalue weighted by molar-refractivity contribution is 0.0683. The summed E-state index contributed by atoms with van der Waals surface area (Å²) in [4.78, 5) is 31.5. The molecule has 0 atom stereocenters. The second kappa shape index (κ2) is 9.34. The lowest BCUT2D eigenvalue weighted by atomic mass is 9.97. The van der Waals surface area contributed by atoms with Crippen LogP contribution < -0.4 is 5.32 Å². The molecule has 0 unspecified atom stereocenters. The zero-order valence-electron chi connectivity index (χ0n) is 18.1. The van der Waals surface area contributed by atoms with Gasteiger partial charge in [0.15, 0.2) is 5.76 Å². The second-order valence-electron chi connectivity index (χ2n) is 8.20. The smallest absolute Gasteiger partial charge is 0.289 e. The van der Waals surface area contributed by atoms with Crippen molar-refractivity contribution in [2.45, 2.75) is 25.3 Å². The summed E-state index contributed by atoms with van der Waals surface area (Å²) in [6.07, 6.45) is 1.47. The summed E-state index contributed by atoms with van der Waals surface area (Å²) in [6.45, 7) is 1.09. The number of nitrogens with zero attached hydrogens (tertiary/aromatic N) is 2. The van der Waals surface area contributed by atoms with E-state index in [-0.39, 0.29) is 29.6 Å². The number of nitrogens with one attached hydrogen (secondary N) is 1. The van der Waals surface area contributed by atoms with Crippen LogP contribution in [0.4, 0.5) is 8.78 Å². The van der Waals surface area contributed by atoms with E-state index in [0.717, 1.165) is 35.4 Å². The molecule has 1 aliphatic heterocycles. The van der Waals surface area contributed by atoms with Crippen LogP contribution in [0, 0.1) is 11.6 Å². The van der Waals surface area contributed by atoms with Gasteiger partial charge in [0, 0.05) is 47.9 Å². The van der Waals surface area contributed by atoms with Crippen LogP contribution in [-0.2, 0) is 6.54 Å². The van der Waals surface area contributed by atoms with Gasteiger partial charge in [-0.15, -0.1) is 11.3 Å². The molecule has 2 amide bonds. The number of hydrogen-bond donors (Lipinski definition) is 1. The number of carbonyl (C=O) groups excluding carboxylic acids is 2. The number of furan rings is 1. The van der Waals surface area contributed by atoms with E-state index in [0.29, 0.717) is 24.4 Å². The summed E-state index contributed by atoms with van der Waals surface area (Å²) < 4.78 is 32.5. The molecule has 2 aromatic carbocycles. The van der Waals surface area contributed by atoms with Gasteiger partial charge in [-0.2, -0.15) is 0 Å². The summed E-state index contributed by atoms with van der Waals surface area (Å²) in [7, 11) is 0. The van der Waals surface area contributed by atoms with Crippen molar-refractivity contribution >= 4 is 34.1 Å². The summed E-state index contributed by atoms with van der Waals surface area (Å²) >= 11 is 1.40. The monoisotopic (exact) mass is 481 g/mol. The zero-order valence-corrected chi connectivity index (χ0v) is 18.9. The van der Waals surface area contributed by atoms with E-state index < -0.39 is 17.5 Å². The summed E-state index contributed by atoms with van der Waals surface area (Å²) in [5, 5.41) is 6.04. The van der Waals surface area contributed by atoms with Gasteiger partial charge in [0.1, 0.15) is 22.9 Å². The minimum absolute atomic E-state index is 0.0555. The van der Waals surface area contributed by atoms with Gasteiger partial charge >= 0.3 is 0 Å². The minimum atomic E-state index is -0.705. The van der Waals surface area contributed by atoms with Crippen molar-refractivity contribution in [3.05, 3.63) is 87.6 Å². The third kappa shape index (κ3) is 4.56. The average molecular weight is 482 g/mol. The Morgan fingerprint density at radius 2 is 1.91 bits per heavy atom. The second-order valence-corrected chi connectivity index (χ2v) is 9.09. The molecule has 0 saturated carbocycles. The fourth-order valence-electron chi connectivity index (χ4n) is 4.08. The molecular weight excluding hydrogens is 460 g/mol. The molecule has 0 bridgehead atoms. The van der Waals surface area contributed by atoms with Crippen LogP contribution in [0.3, 0.4) is 0 Å². The highest BCUT2D eigenvalue weighted by molar-refractivity contribution is 7.09. The van der Waals surface area contributed by atoms with Crippen molar-refractivity contribution < 1.29 is 22.8 Å². The van der Waals surface area contributed by atoms with Gasteiger partial charge in [-0.3, -0.25) is 9.59 Å². The van der Waals surface area contributed by atoms with Crippen molar-refractivity contribution in [3.8, 4) is 0 Å². The number of halogens is 2. The molecule has 34 heavy (non-hydrogen) atoms. The first-order valence-electron chi connectivity index (χ1n) is 10.9. The van der Waals surface area contributed by atoms with Crippen LogP contribution in [0.5, 0.6) is 0 Å². The summed E-state index contributed by atoms with van der Waals surface area (Å²) in [5.74, 6) is -1.41. The normalized spacial score (nSPS) is 14.5. The number of carbonyl (C=O) groups is 2. The highest BCUT2D eigenvalue weighted by Crippen LogP contribution is 2.31. The van der Waals surface area contributed by atoms with Gasteiger partial charge in [0.05, 0.1) is 5.01 Å². The quantitative estimate of drug-likeness (QED) is 0.430. The predicted octanol–water partition coefficient (Wildman–Crippen LogP) is 5.12. The van der Waals surface area contributed by atoms with E-state index in [9.17, 15) is 18.4 Å². The number of likely N-dealkylation sites (tertiary alicyclic amines) is 1. The molecule has 0 aliphatic carbocycles. The lowest BCUT2D eigenvalue weighted by Crippen LogP contribution is -2.37. The van der Waals surface area contributed by atoms with E-state index >= 15 is 0 Å². The minimum Gasteiger partial charge on any atom is -0.451 e. The van der Waals surface area contributed by atoms with Gasteiger partial charge in [-0.1, -0.05) is 24.3 Å². The molecular formula is C25H21F2N3O3S. The van der Waals surface area contributed by atoms with E-state index in [1.54, 1.807) is 16.3 Å². The van der Waals surface area contributed by atoms with Crippen molar-refractivity contribution in [3.63, 3.8) is 0 Å². The maximum atomic E-state index is 13.8. The molecule has 1 saturated heterocycles. The molecule has 1 aliphatic rings. The number of piperidine rings is 1. The van der Waals surface area contributed by atoms with E-state index in [1.165, 1.54) is 17.4 Å². The SMILES string of the molecule is O=C(NCc1ccc(F)cc1F)c1csc(C2CCN(C(=O)c3cc4ccccc4o3)CC2)n1. The maximum Gasteiger partial charge on any atom is 0.289 e. The van der Waals surface area contributed by atoms with Crippen molar-refractivity contribution in [2.24, 2.45) is 0 Å². The molecule has 1 N–H and O–H groups in total. The Bertz CT molecular complexity index is 1330. The molecule has 5 rings (SSSR count). The molecule has 0 radical (unpaired) electrons. The van der Waals surface area contributed by atoms with Gasteiger partial charge < -0.3 is 14.6 Å². The van der Waals surface area contributed by atoms with Crippen LogP contribution in [0.15, 0.2) is 58.3 Å². The Balaban J connectivity index is 1.17. The van der Waals surface area contributed by atoms with Gasteiger partial charge in [-0.25, -0.2) is 13.8 Å². The number of thiazole rings is 1. The zero-order chi connectivity index (χ0) is 23.7. The number of benzene rings is 2.